The number of aromatic nitrogens is 2. The Morgan fingerprint density at radius 1 is 1.29 bits per heavy atom. The Balaban J connectivity index is 1.83. The first-order valence-corrected chi connectivity index (χ1v) is 9.94. The third-order valence-electron chi connectivity index (χ3n) is 4.81. The molecule has 0 fully saturated rings. The lowest BCUT2D eigenvalue weighted by Crippen LogP contribution is -2.47. The number of ether oxygens (including phenoxy) is 1. The van der Waals surface area contributed by atoms with Crippen LogP contribution in [0, 0.1) is 6.92 Å². The fourth-order valence-electron chi connectivity index (χ4n) is 3.43. The molecule has 0 saturated carbocycles. The Morgan fingerprint density at radius 3 is 2.81 bits per heavy atom. The monoisotopic (exact) mass is 442 g/mol. The van der Waals surface area contributed by atoms with Crippen molar-refractivity contribution < 1.29 is 18.7 Å². The van der Waals surface area contributed by atoms with Crippen LogP contribution in [-0.4, -0.2) is 28.2 Å². The molecule has 0 aliphatic carbocycles. The standard InChI is InChI=1S/C21H19ClN4O5/c1-3-30-20(28)17-15(24-21(29)25-18(17)16-7-4-11(2)31-16)9-26-10-23-14-6-5-12(22)8-13(14)19(26)27/h4-8,10,18H,3,9H2,1-2H3,(H2,24,25,29)/t18-/m1/s1. The van der Waals surface area contributed by atoms with Gasteiger partial charge in [0, 0.05) is 5.02 Å². The summed E-state index contributed by atoms with van der Waals surface area (Å²) in [6.07, 6.45) is 1.36. The molecule has 3 aromatic rings. The van der Waals surface area contributed by atoms with Crippen molar-refractivity contribution in [1.29, 1.82) is 0 Å². The number of fused-ring (bicyclic) bond motifs is 1. The minimum absolute atomic E-state index is 0.105. The van der Waals surface area contributed by atoms with E-state index in [9.17, 15) is 14.4 Å². The number of amides is 2. The third kappa shape index (κ3) is 4.04. The average Bonchev–Trinajstić information content (AvgIpc) is 3.16. The van der Waals surface area contributed by atoms with Crippen LogP contribution in [0.2, 0.25) is 5.02 Å². The van der Waals surface area contributed by atoms with Gasteiger partial charge in [0.15, 0.2) is 0 Å². The molecule has 0 unspecified atom stereocenters. The summed E-state index contributed by atoms with van der Waals surface area (Å²) in [5.74, 6) is 0.372. The number of urea groups is 1. The fraction of sp³-hybridized carbons (Fsp3) is 0.238. The Morgan fingerprint density at radius 2 is 2.10 bits per heavy atom. The maximum absolute atomic E-state index is 13.0. The third-order valence-corrected chi connectivity index (χ3v) is 5.04. The molecule has 9 nitrogen and oxygen atoms in total. The molecular weight excluding hydrogens is 424 g/mol. The summed E-state index contributed by atoms with van der Waals surface area (Å²) in [7, 11) is 0. The van der Waals surface area contributed by atoms with Crippen LogP contribution in [0.3, 0.4) is 0 Å². The number of aryl methyl sites for hydroxylation is 1. The van der Waals surface area contributed by atoms with Crippen molar-refractivity contribution in [2.45, 2.75) is 26.4 Å². The number of allylic oxidation sites excluding steroid dienone is 1. The zero-order valence-corrected chi connectivity index (χ0v) is 17.5. The van der Waals surface area contributed by atoms with E-state index in [2.05, 4.69) is 15.6 Å². The molecule has 1 aliphatic heterocycles. The minimum atomic E-state index is -0.866. The van der Waals surface area contributed by atoms with E-state index < -0.39 is 18.0 Å². The molecule has 4 rings (SSSR count). The van der Waals surface area contributed by atoms with E-state index in [1.54, 1.807) is 38.1 Å². The molecule has 0 saturated heterocycles. The molecule has 1 atom stereocenters. The minimum Gasteiger partial charge on any atom is -0.464 e. The molecule has 31 heavy (non-hydrogen) atoms. The normalized spacial score (nSPS) is 16.2. The lowest BCUT2D eigenvalue weighted by atomic mass is 10.00. The molecule has 0 radical (unpaired) electrons. The molecule has 2 amide bonds. The summed E-state index contributed by atoms with van der Waals surface area (Å²) in [6.45, 7) is 3.47. The first-order chi connectivity index (χ1) is 14.9. The van der Waals surface area contributed by atoms with Gasteiger partial charge in [0.25, 0.3) is 5.56 Å². The number of nitrogens with zero attached hydrogens (tertiary/aromatic N) is 2. The predicted molar refractivity (Wildman–Crippen MR) is 113 cm³/mol. The van der Waals surface area contributed by atoms with Crippen molar-refractivity contribution in [3.63, 3.8) is 0 Å². The number of carbonyl (C=O) groups is 2. The van der Waals surface area contributed by atoms with E-state index in [0.717, 1.165) is 0 Å². The zero-order chi connectivity index (χ0) is 22.1. The van der Waals surface area contributed by atoms with Gasteiger partial charge in [-0.25, -0.2) is 14.6 Å². The molecule has 1 aromatic carbocycles. The SMILES string of the molecule is CCOC(=O)C1=C(Cn2cnc3ccc(Cl)cc3c2=O)NC(=O)N[C@@H]1c1ccc(C)o1. The van der Waals surface area contributed by atoms with E-state index in [-0.39, 0.29) is 30.0 Å². The summed E-state index contributed by atoms with van der Waals surface area (Å²) < 4.78 is 12.1. The van der Waals surface area contributed by atoms with Gasteiger partial charge in [-0.2, -0.15) is 0 Å². The Hall–Kier alpha value is -3.59. The highest BCUT2D eigenvalue weighted by Crippen LogP contribution is 2.29. The maximum atomic E-state index is 13.0. The first-order valence-electron chi connectivity index (χ1n) is 9.56. The summed E-state index contributed by atoms with van der Waals surface area (Å²) in [4.78, 5) is 42.4. The average molecular weight is 443 g/mol. The van der Waals surface area contributed by atoms with Crippen molar-refractivity contribution in [2.75, 3.05) is 6.61 Å². The number of nitrogens with one attached hydrogen (secondary N) is 2. The molecule has 1 aliphatic rings. The van der Waals surface area contributed by atoms with Gasteiger partial charge in [-0.1, -0.05) is 11.6 Å². The van der Waals surface area contributed by atoms with Gasteiger partial charge < -0.3 is 19.8 Å². The summed E-state index contributed by atoms with van der Waals surface area (Å²) in [5, 5.41) is 6.03. The van der Waals surface area contributed by atoms with E-state index in [0.29, 0.717) is 27.4 Å². The molecule has 160 valence electrons. The van der Waals surface area contributed by atoms with Crippen LogP contribution >= 0.6 is 11.6 Å². The summed E-state index contributed by atoms with van der Waals surface area (Å²) in [6, 6.07) is 6.82. The Bertz CT molecular complexity index is 1280. The van der Waals surface area contributed by atoms with Crippen LogP contribution in [0.5, 0.6) is 0 Å². The highest BCUT2D eigenvalue weighted by atomic mass is 35.5. The Kier molecular flexibility index (Phi) is 5.51. The Labute approximate surface area is 181 Å². The van der Waals surface area contributed by atoms with Crippen molar-refractivity contribution in [3.8, 4) is 0 Å². The van der Waals surface area contributed by atoms with E-state index >= 15 is 0 Å². The van der Waals surface area contributed by atoms with Crippen LogP contribution in [-0.2, 0) is 16.1 Å². The second-order valence-electron chi connectivity index (χ2n) is 6.93. The molecule has 0 bridgehead atoms. The smallest absolute Gasteiger partial charge is 0.338 e. The van der Waals surface area contributed by atoms with Gasteiger partial charge in [0.05, 0.1) is 41.7 Å². The van der Waals surface area contributed by atoms with Gasteiger partial charge in [-0.15, -0.1) is 0 Å². The predicted octanol–water partition coefficient (Wildman–Crippen LogP) is 2.82. The van der Waals surface area contributed by atoms with Crippen LogP contribution in [0.4, 0.5) is 4.79 Å². The first kappa shape index (κ1) is 20.7. The summed E-state index contributed by atoms with van der Waals surface area (Å²) >= 11 is 6.02. The lowest BCUT2D eigenvalue weighted by molar-refractivity contribution is -0.139. The van der Waals surface area contributed by atoms with E-state index in [1.807, 2.05) is 0 Å². The lowest BCUT2D eigenvalue weighted by Gasteiger charge is -2.28. The number of benzene rings is 1. The second-order valence-corrected chi connectivity index (χ2v) is 7.37. The van der Waals surface area contributed by atoms with Gasteiger partial charge in [0.2, 0.25) is 0 Å². The zero-order valence-electron chi connectivity index (χ0n) is 16.8. The summed E-state index contributed by atoms with van der Waals surface area (Å²) in [5.41, 5.74) is 0.491. The highest BCUT2D eigenvalue weighted by molar-refractivity contribution is 6.31. The van der Waals surface area contributed by atoms with Crippen molar-refractivity contribution >= 4 is 34.5 Å². The van der Waals surface area contributed by atoms with Crippen LogP contribution in [0.1, 0.15) is 24.5 Å². The fourth-order valence-corrected chi connectivity index (χ4v) is 3.60. The molecule has 3 heterocycles. The topological polar surface area (TPSA) is 115 Å². The molecular formula is C21H19ClN4O5. The van der Waals surface area contributed by atoms with Crippen LogP contribution < -0.4 is 16.2 Å². The van der Waals surface area contributed by atoms with Crippen molar-refractivity contribution in [1.82, 2.24) is 20.2 Å². The number of hydrogen-bond acceptors (Lipinski definition) is 6. The van der Waals surface area contributed by atoms with Gasteiger partial charge >= 0.3 is 12.0 Å². The maximum Gasteiger partial charge on any atom is 0.338 e. The van der Waals surface area contributed by atoms with Gasteiger partial charge in [0.1, 0.15) is 17.6 Å². The van der Waals surface area contributed by atoms with Crippen molar-refractivity contribution in [2.24, 2.45) is 0 Å². The van der Waals surface area contributed by atoms with Crippen LogP contribution in [0.15, 0.2) is 57.1 Å². The van der Waals surface area contributed by atoms with Crippen LogP contribution in [0.25, 0.3) is 10.9 Å². The largest absolute Gasteiger partial charge is 0.464 e. The van der Waals surface area contributed by atoms with E-state index in [4.69, 9.17) is 20.8 Å². The second kappa shape index (κ2) is 8.27. The molecule has 2 aromatic heterocycles. The molecule has 2 N–H and O–H groups in total. The number of rotatable bonds is 5. The van der Waals surface area contributed by atoms with Crippen molar-refractivity contribution in [3.05, 3.63) is 74.8 Å². The quantitative estimate of drug-likeness (QED) is 0.587. The molecule has 10 heteroatoms. The number of esters is 1. The highest BCUT2D eigenvalue weighted by Gasteiger charge is 2.35. The molecule has 0 spiro atoms. The number of hydrogen-bond donors (Lipinski definition) is 2. The number of halogens is 1. The van der Waals surface area contributed by atoms with Gasteiger partial charge in [-0.3, -0.25) is 9.36 Å². The number of furan rings is 1. The number of carbonyl (C=O) groups excluding carboxylic acids is 2. The van der Waals surface area contributed by atoms with Gasteiger partial charge in [-0.05, 0) is 44.2 Å². The van der Waals surface area contributed by atoms with E-state index in [1.165, 1.54) is 17.0 Å².